The van der Waals surface area contributed by atoms with E-state index in [1.165, 1.54) is 15.9 Å². The minimum absolute atomic E-state index is 0.819. The SMILES string of the molecule is C(=C\c1ccccc1N=P(c1ccccc1)(c1ccccc1)c1ccccc1)/c1ccco1. The minimum Gasteiger partial charge on any atom is -0.465 e. The summed E-state index contributed by atoms with van der Waals surface area (Å²) in [5, 5.41) is 3.69. The van der Waals surface area contributed by atoms with Crippen LogP contribution in [0.25, 0.3) is 12.2 Å². The van der Waals surface area contributed by atoms with Gasteiger partial charge in [0, 0.05) is 21.5 Å². The van der Waals surface area contributed by atoms with E-state index in [-0.39, 0.29) is 0 Å². The van der Waals surface area contributed by atoms with Gasteiger partial charge in [0.25, 0.3) is 0 Å². The minimum atomic E-state index is -2.32. The number of furan rings is 1. The lowest BCUT2D eigenvalue weighted by molar-refractivity contribution is 0.557. The summed E-state index contributed by atoms with van der Waals surface area (Å²) in [4.78, 5) is 0. The Bertz CT molecular complexity index is 1290. The molecule has 4 aromatic carbocycles. The Hall–Kier alpha value is -3.87. The van der Waals surface area contributed by atoms with E-state index in [4.69, 9.17) is 9.16 Å². The average molecular weight is 446 g/mol. The van der Waals surface area contributed by atoms with Crippen molar-refractivity contribution in [1.29, 1.82) is 0 Å². The van der Waals surface area contributed by atoms with Crippen molar-refractivity contribution in [2.45, 2.75) is 0 Å². The van der Waals surface area contributed by atoms with Gasteiger partial charge in [-0.15, -0.1) is 0 Å². The maximum Gasteiger partial charge on any atom is 0.126 e. The van der Waals surface area contributed by atoms with Crippen LogP contribution >= 0.6 is 7.05 Å². The number of nitrogens with zero attached hydrogens (tertiary/aromatic N) is 1. The van der Waals surface area contributed by atoms with Gasteiger partial charge in [0.15, 0.2) is 0 Å². The smallest absolute Gasteiger partial charge is 0.126 e. The fourth-order valence-corrected chi connectivity index (χ4v) is 7.55. The lowest BCUT2D eigenvalue weighted by atomic mass is 10.1. The highest BCUT2D eigenvalue weighted by Gasteiger charge is 2.27. The van der Waals surface area contributed by atoms with E-state index in [1.807, 2.05) is 18.2 Å². The summed E-state index contributed by atoms with van der Waals surface area (Å²) < 4.78 is 11.1. The summed E-state index contributed by atoms with van der Waals surface area (Å²) >= 11 is 0. The third-order valence-corrected chi connectivity index (χ3v) is 9.21. The van der Waals surface area contributed by atoms with Crippen LogP contribution in [-0.2, 0) is 0 Å². The first kappa shape index (κ1) is 21.0. The summed E-state index contributed by atoms with van der Waals surface area (Å²) in [6.07, 6.45) is 5.75. The second kappa shape index (κ2) is 9.73. The molecule has 3 heteroatoms. The second-order valence-corrected chi connectivity index (χ2v) is 10.7. The summed E-state index contributed by atoms with van der Waals surface area (Å²) in [6.45, 7) is 0. The fourth-order valence-electron chi connectivity index (χ4n) is 3.99. The summed E-state index contributed by atoms with van der Waals surface area (Å²) in [6, 6.07) is 44.2. The first-order valence-corrected chi connectivity index (χ1v) is 12.7. The van der Waals surface area contributed by atoms with Crippen molar-refractivity contribution >= 4 is 40.8 Å². The maximum atomic E-state index is 5.63. The maximum absolute atomic E-state index is 5.63. The molecule has 0 saturated heterocycles. The van der Waals surface area contributed by atoms with Gasteiger partial charge in [-0.05, 0) is 30.4 Å². The van der Waals surface area contributed by atoms with Gasteiger partial charge in [0.2, 0.25) is 0 Å². The fraction of sp³-hybridized carbons (Fsp3) is 0. The zero-order valence-electron chi connectivity index (χ0n) is 18.2. The topological polar surface area (TPSA) is 25.5 Å². The second-order valence-electron chi connectivity index (χ2n) is 7.65. The molecule has 0 N–H and O–H groups in total. The van der Waals surface area contributed by atoms with Crippen LogP contribution in [0.4, 0.5) is 5.69 Å². The Morgan fingerprint density at radius 1 is 0.515 bits per heavy atom. The molecule has 2 nitrogen and oxygen atoms in total. The van der Waals surface area contributed by atoms with Crippen molar-refractivity contribution in [2.24, 2.45) is 4.74 Å². The molecule has 0 unspecified atom stereocenters. The average Bonchev–Trinajstić information content (AvgIpc) is 3.42. The molecule has 5 aromatic rings. The zero-order valence-corrected chi connectivity index (χ0v) is 19.1. The predicted molar refractivity (Wildman–Crippen MR) is 141 cm³/mol. The van der Waals surface area contributed by atoms with E-state index in [2.05, 4.69) is 121 Å². The van der Waals surface area contributed by atoms with E-state index in [0.29, 0.717) is 0 Å². The molecule has 0 aliphatic rings. The molecule has 0 radical (unpaired) electrons. The molecule has 5 rings (SSSR count). The van der Waals surface area contributed by atoms with Crippen molar-refractivity contribution in [3.05, 3.63) is 145 Å². The van der Waals surface area contributed by atoms with Gasteiger partial charge in [-0.25, -0.2) is 0 Å². The van der Waals surface area contributed by atoms with Crippen LogP contribution in [0, 0.1) is 0 Å². The number of hydrogen-bond acceptors (Lipinski definition) is 2. The van der Waals surface area contributed by atoms with E-state index < -0.39 is 7.05 Å². The summed E-state index contributed by atoms with van der Waals surface area (Å²) in [7, 11) is -2.32. The van der Waals surface area contributed by atoms with Crippen molar-refractivity contribution < 1.29 is 4.42 Å². The molecule has 0 saturated carbocycles. The largest absolute Gasteiger partial charge is 0.465 e. The summed E-state index contributed by atoms with van der Waals surface area (Å²) in [5.41, 5.74) is 2.02. The molecule has 0 aliphatic heterocycles. The quantitative estimate of drug-likeness (QED) is 0.253. The normalized spacial score (nSPS) is 11.5. The number of benzene rings is 4. The van der Waals surface area contributed by atoms with Gasteiger partial charge in [-0.2, -0.15) is 0 Å². The van der Waals surface area contributed by atoms with Crippen molar-refractivity contribution in [3.8, 4) is 0 Å². The van der Waals surface area contributed by atoms with Crippen LogP contribution in [0.5, 0.6) is 0 Å². The Labute approximate surface area is 194 Å². The third kappa shape index (κ3) is 4.39. The standard InChI is InChI=1S/C30H24NOP/c1-4-15-27(16-5-1)33(28-17-6-2-7-18-28,29-19-8-3-9-20-29)31-30-21-11-10-13-25(30)22-23-26-14-12-24-32-26/h1-24H/b23-22+. The molecule has 160 valence electrons. The molecule has 0 atom stereocenters. The van der Waals surface area contributed by atoms with E-state index in [1.54, 1.807) is 6.26 Å². The van der Waals surface area contributed by atoms with Crippen LogP contribution in [0.3, 0.4) is 0 Å². The van der Waals surface area contributed by atoms with Crippen molar-refractivity contribution in [3.63, 3.8) is 0 Å². The highest BCUT2D eigenvalue weighted by Crippen LogP contribution is 2.49. The number of hydrogen-bond donors (Lipinski definition) is 0. The Kier molecular flexibility index (Phi) is 6.19. The molecular weight excluding hydrogens is 421 g/mol. The van der Waals surface area contributed by atoms with Crippen molar-refractivity contribution in [2.75, 3.05) is 0 Å². The van der Waals surface area contributed by atoms with Gasteiger partial charge in [-0.1, -0.05) is 109 Å². The molecular formula is C30H24NOP. The van der Waals surface area contributed by atoms with Crippen molar-refractivity contribution in [1.82, 2.24) is 0 Å². The predicted octanol–water partition coefficient (Wildman–Crippen LogP) is 7.26. The molecule has 0 amide bonds. The molecule has 1 heterocycles. The monoisotopic (exact) mass is 445 g/mol. The van der Waals surface area contributed by atoms with Crippen LogP contribution < -0.4 is 15.9 Å². The first-order valence-electron chi connectivity index (χ1n) is 11.0. The van der Waals surface area contributed by atoms with E-state index in [0.717, 1.165) is 17.0 Å². The number of rotatable bonds is 6. The molecule has 0 aliphatic carbocycles. The van der Waals surface area contributed by atoms with Crippen LogP contribution in [-0.4, -0.2) is 0 Å². The molecule has 1 aromatic heterocycles. The highest BCUT2D eigenvalue weighted by molar-refractivity contribution is 7.87. The lowest BCUT2D eigenvalue weighted by Gasteiger charge is -2.27. The van der Waals surface area contributed by atoms with Gasteiger partial charge < -0.3 is 4.42 Å². The molecule has 33 heavy (non-hydrogen) atoms. The van der Waals surface area contributed by atoms with E-state index in [9.17, 15) is 0 Å². The summed E-state index contributed by atoms with van der Waals surface area (Å²) in [5.74, 6) is 0.819. The van der Waals surface area contributed by atoms with E-state index >= 15 is 0 Å². The van der Waals surface area contributed by atoms with Gasteiger partial charge in [0.05, 0.1) is 19.0 Å². The van der Waals surface area contributed by atoms with Crippen LogP contribution in [0.1, 0.15) is 11.3 Å². The van der Waals surface area contributed by atoms with Crippen LogP contribution in [0.2, 0.25) is 0 Å². The molecule has 0 bridgehead atoms. The Morgan fingerprint density at radius 3 is 1.55 bits per heavy atom. The highest BCUT2D eigenvalue weighted by atomic mass is 31.2. The lowest BCUT2D eigenvalue weighted by Crippen LogP contribution is -2.25. The Balaban J connectivity index is 1.81. The van der Waals surface area contributed by atoms with Crippen LogP contribution in [0.15, 0.2) is 143 Å². The van der Waals surface area contributed by atoms with Gasteiger partial charge in [-0.3, -0.25) is 4.74 Å². The molecule has 0 fully saturated rings. The van der Waals surface area contributed by atoms with Gasteiger partial charge in [0.1, 0.15) is 5.76 Å². The molecule has 0 spiro atoms. The van der Waals surface area contributed by atoms with Gasteiger partial charge >= 0.3 is 0 Å². The third-order valence-electron chi connectivity index (χ3n) is 5.55. The Morgan fingerprint density at radius 2 is 1.03 bits per heavy atom. The first-order chi connectivity index (χ1) is 16.4. The zero-order chi connectivity index (χ0) is 22.3.